The van der Waals surface area contributed by atoms with Crippen LogP contribution in [0.4, 0.5) is 19.0 Å². The lowest BCUT2D eigenvalue weighted by Gasteiger charge is -2.36. The van der Waals surface area contributed by atoms with Gasteiger partial charge >= 0.3 is 6.18 Å². The molecule has 0 saturated heterocycles. The number of benzene rings is 1. The number of nitrogens with one attached hydrogen (secondary N) is 1. The van der Waals surface area contributed by atoms with Crippen molar-refractivity contribution in [2.24, 2.45) is 0 Å². The highest BCUT2D eigenvalue weighted by Crippen LogP contribution is 2.45. The van der Waals surface area contributed by atoms with Crippen molar-refractivity contribution in [3.63, 3.8) is 0 Å². The quantitative estimate of drug-likeness (QED) is 0.109. The van der Waals surface area contributed by atoms with Crippen molar-refractivity contribution in [3.05, 3.63) is 59.4 Å². The second-order valence-corrected chi connectivity index (χ2v) is 19.0. The Labute approximate surface area is 287 Å². The molecule has 0 bridgehead atoms. The molecule has 0 unspecified atom stereocenters. The van der Waals surface area contributed by atoms with E-state index in [-0.39, 0.29) is 23.5 Å². The molecule has 1 N–H and O–H groups in total. The third-order valence-corrected chi connectivity index (χ3v) is 13.7. The Bertz CT molecular complexity index is 1780. The van der Waals surface area contributed by atoms with Gasteiger partial charge in [0.1, 0.15) is 35.9 Å². The van der Waals surface area contributed by atoms with Crippen LogP contribution in [0, 0.1) is 6.92 Å². The van der Waals surface area contributed by atoms with E-state index < -0.39 is 20.2 Å². The summed E-state index contributed by atoms with van der Waals surface area (Å²) in [5.74, 6) is 2.54. The van der Waals surface area contributed by atoms with Crippen LogP contribution < -0.4 is 14.8 Å². The number of hydrogen-bond donors (Lipinski definition) is 1. The van der Waals surface area contributed by atoms with Crippen LogP contribution in [-0.2, 0) is 17.1 Å². The Morgan fingerprint density at radius 3 is 2.41 bits per heavy atom. The molecule has 264 valence electrons. The molecule has 1 aromatic carbocycles. The number of ether oxygens (including phenoxy) is 2. The van der Waals surface area contributed by atoms with Crippen LogP contribution in [-0.4, -0.2) is 58.1 Å². The van der Waals surface area contributed by atoms with E-state index in [1.165, 1.54) is 10.9 Å². The van der Waals surface area contributed by atoms with Crippen LogP contribution in [0.15, 0.2) is 36.9 Å². The van der Waals surface area contributed by atoms with Crippen LogP contribution in [0.3, 0.4) is 0 Å². The molecule has 0 spiro atoms. The van der Waals surface area contributed by atoms with Gasteiger partial charge in [-0.15, -0.1) is 0 Å². The summed E-state index contributed by atoms with van der Waals surface area (Å²) in [4.78, 5) is 22.3. The maximum atomic E-state index is 13.7. The number of nitrogens with zero attached hydrogens (tertiary/aromatic N) is 6. The topological polar surface area (TPSA) is 109 Å². The number of methoxy groups -OCH3 is 1. The van der Waals surface area contributed by atoms with Gasteiger partial charge in [-0.1, -0.05) is 32.9 Å². The minimum Gasteiger partial charge on any atom is -0.491 e. The van der Waals surface area contributed by atoms with E-state index in [0.29, 0.717) is 53.5 Å². The summed E-state index contributed by atoms with van der Waals surface area (Å²) >= 11 is 0. The van der Waals surface area contributed by atoms with E-state index in [9.17, 15) is 13.2 Å². The first-order valence-corrected chi connectivity index (χ1v) is 19.4. The second kappa shape index (κ2) is 14.1. The lowest BCUT2D eigenvalue weighted by atomic mass is 10.1. The first kappa shape index (κ1) is 36.2. The maximum Gasteiger partial charge on any atom is 0.434 e. The largest absolute Gasteiger partial charge is 0.491 e. The third-order valence-electron chi connectivity index (χ3n) is 9.16. The number of aryl methyl sites for hydroxylation is 1. The number of rotatable bonds is 13. The van der Waals surface area contributed by atoms with Gasteiger partial charge < -0.3 is 23.8 Å². The molecule has 4 aromatic rings. The molecule has 10 nitrogen and oxygen atoms in total. The predicted molar refractivity (Wildman–Crippen MR) is 185 cm³/mol. The average Bonchev–Trinajstić information content (AvgIpc) is 3.77. The van der Waals surface area contributed by atoms with Crippen LogP contribution in [0.5, 0.6) is 11.6 Å². The molecule has 1 saturated carbocycles. The Balaban J connectivity index is 1.45. The van der Waals surface area contributed by atoms with Crippen molar-refractivity contribution in [1.82, 2.24) is 29.5 Å². The summed E-state index contributed by atoms with van der Waals surface area (Å²) < 4.78 is 60.8. The fourth-order valence-corrected chi connectivity index (χ4v) is 6.14. The zero-order chi connectivity index (χ0) is 35.7. The Hall–Kier alpha value is -4.04. The summed E-state index contributed by atoms with van der Waals surface area (Å²) in [5.41, 5.74) is 2.75. The fraction of sp³-hybridized carbons (Fsp3) is 0.514. The SMILES string of the molecule is COc1ncnc(C2CC2)c1-c1ncc(C)c(NCc2ccc(-c3nc(C(F)(F)F)cn3C(C)C)cc2OCCO[Si](C)(C)C(C)(C)C)n1. The summed E-state index contributed by atoms with van der Waals surface area (Å²) in [5, 5.41) is 3.46. The zero-order valence-electron chi connectivity index (χ0n) is 29.7. The van der Waals surface area contributed by atoms with Gasteiger partial charge in [-0.05, 0) is 57.8 Å². The first-order chi connectivity index (χ1) is 23.0. The van der Waals surface area contributed by atoms with Gasteiger partial charge in [-0.25, -0.2) is 24.9 Å². The van der Waals surface area contributed by atoms with Gasteiger partial charge in [0.15, 0.2) is 19.8 Å². The minimum atomic E-state index is -4.57. The van der Waals surface area contributed by atoms with Gasteiger partial charge in [0.05, 0.1) is 19.4 Å². The van der Waals surface area contributed by atoms with E-state index >= 15 is 0 Å². The minimum absolute atomic E-state index is 0.0374. The number of imidazole rings is 1. The summed E-state index contributed by atoms with van der Waals surface area (Å²) in [6.07, 6.45) is 1.82. The maximum absolute atomic E-state index is 13.7. The highest BCUT2D eigenvalue weighted by molar-refractivity contribution is 6.74. The molecular weight excluding hydrogens is 652 g/mol. The molecule has 3 heterocycles. The Morgan fingerprint density at radius 1 is 1.04 bits per heavy atom. The summed E-state index contributed by atoms with van der Waals surface area (Å²) in [6.45, 7) is 17.4. The third kappa shape index (κ3) is 8.23. The molecular formula is C35H46F3N7O3Si. The monoisotopic (exact) mass is 697 g/mol. The van der Waals surface area contributed by atoms with Crippen molar-refractivity contribution < 1.29 is 27.1 Å². The van der Waals surface area contributed by atoms with Crippen LogP contribution in [0.2, 0.25) is 18.1 Å². The average molecular weight is 698 g/mol. The van der Waals surface area contributed by atoms with Crippen molar-refractivity contribution in [2.75, 3.05) is 25.6 Å². The number of aromatic nitrogens is 6. The molecule has 14 heteroatoms. The van der Waals surface area contributed by atoms with Gasteiger partial charge in [0.2, 0.25) is 5.88 Å². The Morgan fingerprint density at radius 2 is 1.78 bits per heavy atom. The highest BCUT2D eigenvalue weighted by atomic mass is 28.4. The number of halogens is 3. The summed E-state index contributed by atoms with van der Waals surface area (Å²) in [7, 11) is -0.448. The van der Waals surface area contributed by atoms with E-state index in [0.717, 1.165) is 35.9 Å². The predicted octanol–water partition coefficient (Wildman–Crippen LogP) is 8.60. The van der Waals surface area contributed by atoms with Gasteiger partial charge in [-0.2, -0.15) is 13.2 Å². The normalized spacial score (nSPS) is 14.0. The van der Waals surface area contributed by atoms with Crippen LogP contribution in [0.25, 0.3) is 22.8 Å². The van der Waals surface area contributed by atoms with Crippen molar-refractivity contribution in [2.45, 2.75) is 97.2 Å². The van der Waals surface area contributed by atoms with E-state index in [4.69, 9.17) is 18.9 Å². The molecule has 5 rings (SSSR count). The number of hydrogen-bond acceptors (Lipinski definition) is 9. The molecule has 1 fully saturated rings. The molecule has 0 aliphatic heterocycles. The molecule has 3 aromatic heterocycles. The second-order valence-electron chi connectivity index (χ2n) is 14.2. The van der Waals surface area contributed by atoms with E-state index in [2.05, 4.69) is 59.1 Å². The Kier molecular flexibility index (Phi) is 10.4. The lowest BCUT2D eigenvalue weighted by molar-refractivity contribution is -0.140. The number of anilines is 1. The van der Waals surface area contributed by atoms with Crippen LogP contribution in [0.1, 0.15) is 81.9 Å². The van der Waals surface area contributed by atoms with Gasteiger partial charge in [0, 0.05) is 47.6 Å². The molecule has 1 aliphatic carbocycles. The van der Waals surface area contributed by atoms with Gasteiger partial charge in [0.25, 0.3) is 0 Å². The molecule has 0 radical (unpaired) electrons. The highest BCUT2D eigenvalue weighted by Gasteiger charge is 2.37. The zero-order valence-corrected chi connectivity index (χ0v) is 30.7. The molecule has 0 atom stereocenters. The van der Waals surface area contributed by atoms with Crippen molar-refractivity contribution >= 4 is 14.1 Å². The molecule has 1 aliphatic rings. The lowest BCUT2D eigenvalue weighted by Crippen LogP contribution is -2.41. The van der Waals surface area contributed by atoms with Crippen LogP contribution >= 0.6 is 0 Å². The molecule has 49 heavy (non-hydrogen) atoms. The van der Waals surface area contributed by atoms with Crippen molar-refractivity contribution in [3.8, 4) is 34.4 Å². The fourth-order valence-electron chi connectivity index (χ4n) is 5.11. The smallest absolute Gasteiger partial charge is 0.434 e. The number of alkyl halides is 3. The standard InChI is InChI=1S/C35H46F3N7O3Si/c1-21(2)45-19-27(35(36,37)38)43-32(45)24-12-13-25(26(16-24)47-14-15-48-49(8,9)34(4,5)6)18-40-30-22(3)17-39-31(44-30)28-29(23-10-11-23)41-20-42-33(28)46-7/h12-13,16-17,19-21,23H,10-11,14-15,18H2,1-9H3,(H,39,40,44). The molecule has 0 amide bonds. The van der Waals surface area contributed by atoms with E-state index in [1.54, 1.807) is 25.4 Å². The summed E-state index contributed by atoms with van der Waals surface area (Å²) in [6, 6.07) is 5.11. The van der Waals surface area contributed by atoms with E-state index in [1.807, 2.05) is 26.8 Å². The van der Waals surface area contributed by atoms with Gasteiger partial charge in [-0.3, -0.25) is 0 Å². The first-order valence-electron chi connectivity index (χ1n) is 16.5. The van der Waals surface area contributed by atoms with Crippen molar-refractivity contribution in [1.29, 1.82) is 0 Å².